The van der Waals surface area contributed by atoms with Crippen LogP contribution in [-0.4, -0.2) is 37.2 Å². The minimum atomic E-state index is 0. The molecular weight excluding hydrogens is 330 g/mol. The summed E-state index contributed by atoms with van der Waals surface area (Å²) >= 11 is 0. The van der Waals surface area contributed by atoms with Crippen molar-refractivity contribution in [3.63, 3.8) is 0 Å². The number of halogens is 1. The van der Waals surface area contributed by atoms with E-state index in [1.807, 2.05) is 0 Å². The van der Waals surface area contributed by atoms with Crippen molar-refractivity contribution in [2.45, 2.75) is 24.9 Å². The van der Waals surface area contributed by atoms with E-state index in [0.29, 0.717) is 18.5 Å². The summed E-state index contributed by atoms with van der Waals surface area (Å²) in [6, 6.07) is 22.6. The van der Waals surface area contributed by atoms with E-state index in [-0.39, 0.29) is 12.4 Å². The minimum absolute atomic E-state index is 0. The second-order valence-electron chi connectivity index (χ2n) is 7.48. The second-order valence-corrected chi connectivity index (χ2v) is 7.48. The maximum atomic E-state index is 9.19. The van der Waals surface area contributed by atoms with E-state index in [1.165, 1.54) is 16.8 Å². The Hall–Kier alpha value is -2.02. The fourth-order valence-electron chi connectivity index (χ4n) is 4.55. The zero-order valence-electron chi connectivity index (χ0n) is 14.6. The predicted molar refractivity (Wildman–Crippen MR) is 96.6 cm³/mol. The highest BCUT2D eigenvalue weighted by molar-refractivity contribution is 5.62. The lowest BCUT2D eigenvalue weighted by atomic mass is 9.87. The maximum Gasteiger partial charge on any atom is 0.166 e. The van der Waals surface area contributed by atoms with Gasteiger partial charge in [0.15, 0.2) is 6.54 Å². The quantitative estimate of drug-likeness (QED) is 0.595. The number of likely N-dealkylation sites (N-methyl/N-ethyl adjacent to an activating group) is 1. The number of hydrogen-bond acceptors (Lipinski definition) is 2. The molecule has 4 heteroatoms. The summed E-state index contributed by atoms with van der Waals surface area (Å²) in [7, 11) is 2.24. The van der Waals surface area contributed by atoms with E-state index in [0.717, 1.165) is 30.5 Å². The topological polar surface area (TPSA) is 27.0 Å². The van der Waals surface area contributed by atoms with Crippen molar-refractivity contribution in [1.82, 2.24) is 0 Å². The summed E-state index contributed by atoms with van der Waals surface area (Å²) in [6.07, 6.45) is 1.16. The zero-order valence-corrected chi connectivity index (χ0v) is 15.4. The average molecular weight is 354 g/mol. The van der Waals surface area contributed by atoms with Crippen LogP contribution in [0.3, 0.4) is 0 Å². The van der Waals surface area contributed by atoms with Crippen LogP contribution < -0.4 is 17.3 Å². The van der Waals surface area contributed by atoms with Gasteiger partial charge in [-0.25, -0.2) is 0 Å². The lowest BCUT2D eigenvalue weighted by Crippen LogP contribution is -3.00. The predicted octanol–water partition coefficient (Wildman–Crippen LogP) is 0.537. The molecule has 0 radical (unpaired) electrons. The summed E-state index contributed by atoms with van der Waals surface area (Å²) < 4.78 is 0.880. The third-order valence-corrected chi connectivity index (χ3v) is 5.76. The molecule has 2 aliphatic rings. The Kier molecular flexibility index (Phi) is 5.03. The first-order valence-corrected chi connectivity index (χ1v) is 8.80. The molecule has 0 aliphatic carbocycles. The van der Waals surface area contributed by atoms with Crippen LogP contribution in [0.4, 0.5) is 5.69 Å². The number of hydrogen-bond donors (Lipinski definition) is 0. The summed E-state index contributed by atoms with van der Waals surface area (Å²) in [6.45, 7) is 3.75. The molecule has 2 aromatic carbocycles. The largest absolute Gasteiger partial charge is 1.00 e. The van der Waals surface area contributed by atoms with Crippen LogP contribution in [0, 0.1) is 11.3 Å². The van der Waals surface area contributed by atoms with Crippen molar-refractivity contribution in [3.8, 4) is 6.07 Å². The van der Waals surface area contributed by atoms with E-state index in [1.54, 1.807) is 0 Å². The smallest absolute Gasteiger partial charge is 0.166 e. The lowest BCUT2D eigenvalue weighted by Gasteiger charge is -2.43. The van der Waals surface area contributed by atoms with Crippen molar-refractivity contribution in [1.29, 1.82) is 5.26 Å². The number of quaternary nitrogens is 1. The first-order chi connectivity index (χ1) is 11.7. The fourth-order valence-corrected chi connectivity index (χ4v) is 4.55. The van der Waals surface area contributed by atoms with E-state index >= 15 is 0 Å². The van der Waals surface area contributed by atoms with Gasteiger partial charge in [0.1, 0.15) is 6.07 Å². The molecule has 0 N–H and O–H groups in total. The van der Waals surface area contributed by atoms with Gasteiger partial charge in [-0.3, -0.25) is 0 Å². The van der Waals surface area contributed by atoms with Crippen LogP contribution >= 0.6 is 0 Å². The number of para-hydroxylation sites is 1. The summed E-state index contributed by atoms with van der Waals surface area (Å²) in [5.74, 6) is 0.539. The third kappa shape index (κ3) is 3.25. The normalized spacial score (nSPS) is 27.0. The molecule has 3 atom stereocenters. The fraction of sp³-hybridized carbons (Fsp3) is 0.381. The number of piperidine rings is 1. The van der Waals surface area contributed by atoms with Gasteiger partial charge >= 0.3 is 0 Å². The Morgan fingerprint density at radius 3 is 2.60 bits per heavy atom. The summed E-state index contributed by atoms with van der Waals surface area (Å²) in [5.41, 5.74) is 4.23. The number of fused-ring (bicyclic) bond motifs is 3. The van der Waals surface area contributed by atoms with Crippen LogP contribution in [0.1, 0.15) is 23.5 Å². The second kappa shape index (κ2) is 7.07. The van der Waals surface area contributed by atoms with E-state index in [9.17, 15) is 5.26 Å². The molecule has 0 bridgehead atoms. The van der Waals surface area contributed by atoms with Gasteiger partial charge < -0.3 is 21.8 Å². The number of anilines is 1. The molecule has 1 fully saturated rings. The molecule has 2 aliphatic heterocycles. The molecule has 0 amide bonds. The third-order valence-electron chi connectivity index (χ3n) is 5.76. The molecule has 1 saturated heterocycles. The van der Waals surface area contributed by atoms with E-state index in [4.69, 9.17) is 0 Å². The van der Waals surface area contributed by atoms with Gasteiger partial charge in [-0.05, 0) is 17.2 Å². The molecule has 3 nitrogen and oxygen atoms in total. The lowest BCUT2D eigenvalue weighted by molar-refractivity contribution is -0.908. The van der Waals surface area contributed by atoms with E-state index in [2.05, 4.69) is 72.6 Å². The number of nitriles is 1. The first-order valence-electron chi connectivity index (χ1n) is 8.80. The van der Waals surface area contributed by atoms with Gasteiger partial charge in [-0.1, -0.05) is 48.5 Å². The van der Waals surface area contributed by atoms with Crippen molar-refractivity contribution in [2.75, 3.05) is 31.6 Å². The number of benzene rings is 2. The van der Waals surface area contributed by atoms with Gasteiger partial charge in [0.2, 0.25) is 0 Å². The number of rotatable bonds is 3. The van der Waals surface area contributed by atoms with Crippen molar-refractivity contribution in [2.24, 2.45) is 0 Å². The Morgan fingerprint density at radius 1 is 1.12 bits per heavy atom. The first kappa shape index (κ1) is 17.8. The van der Waals surface area contributed by atoms with Crippen LogP contribution in [0.15, 0.2) is 54.6 Å². The Bertz CT molecular complexity index is 770. The molecule has 0 aromatic heterocycles. The Labute approximate surface area is 156 Å². The van der Waals surface area contributed by atoms with E-state index < -0.39 is 0 Å². The van der Waals surface area contributed by atoms with Gasteiger partial charge in [0, 0.05) is 24.7 Å². The Morgan fingerprint density at radius 2 is 1.84 bits per heavy atom. The molecule has 0 saturated carbocycles. The summed E-state index contributed by atoms with van der Waals surface area (Å²) in [5, 5.41) is 9.19. The monoisotopic (exact) mass is 353 g/mol. The Balaban J connectivity index is 0.00000182. The highest BCUT2D eigenvalue weighted by atomic mass is 35.5. The SMILES string of the molecule is C[N+]1(CC#N)CCC2C(C1)c1ccccc1N2Cc1ccccc1.[Cl-]. The molecule has 130 valence electrons. The molecule has 4 rings (SSSR count). The minimum Gasteiger partial charge on any atom is -1.00 e. The van der Waals surface area contributed by atoms with Crippen LogP contribution in [-0.2, 0) is 6.54 Å². The van der Waals surface area contributed by atoms with Gasteiger partial charge in [-0.2, -0.15) is 5.26 Å². The van der Waals surface area contributed by atoms with Crippen molar-refractivity contribution >= 4 is 5.69 Å². The van der Waals surface area contributed by atoms with Crippen LogP contribution in [0.2, 0.25) is 0 Å². The maximum absolute atomic E-state index is 9.19. The number of likely N-dealkylation sites (tertiary alicyclic amines) is 1. The molecule has 2 aromatic rings. The highest BCUT2D eigenvalue weighted by Gasteiger charge is 2.46. The molecular formula is C21H24ClN3. The van der Waals surface area contributed by atoms with Crippen LogP contribution in [0.25, 0.3) is 0 Å². The molecule has 2 heterocycles. The summed E-state index contributed by atoms with van der Waals surface area (Å²) in [4.78, 5) is 2.60. The van der Waals surface area contributed by atoms with Gasteiger partial charge in [0.25, 0.3) is 0 Å². The highest BCUT2D eigenvalue weighted by Crippen LogP contribution is 2.46. The van der Waals surface area contributed by atoms with Crippen LogP contribution in [0.5, 0.6) is 0 Å². The zero-order chi connectivity index (χ0) is 16.6. The molecule has 3 unspecified atom stereocenters. The average Bonchev–Trinajstić information content (AvgIpc) is 2.89. The van der Waals surface area contributed by atoms with Gasteiger partial charge in [0.05, 0.1) is 26.1 Å². The molecule has 25 heavy (non-hydrogen) atoms. The molecule has 0 spiro atoms. The van der Waals surface area contributed by atoms with Crippen molar-refractivity contribution < 1.29 is 16.9 Å². The number of nitrogens with zero attached hydrogens (tertiary/aromatic N) is 3. The van der Waals surface area contributed by atoms with Crippen molar-refractivity contribution in [3.05, 3.63) is 65.7 Å². The van der Waals surface area contributed by atoms with Gasteiger partial charge in [-0.15, -0.1) is 0 Å². The standard InChI is InChI=1S/C21H24N3.ClH/c1-24(14-12-22)13-11-21-19(16-24)18-9-5-6-10-20(18)23(21)15-17-7-3-2-4-8-17;/h2-10,19,21H,11,13-16H2,1H3;1H/q+1;/p-1.